The lowest BCUT2D eigenvalue weighted by Crippen LogP contribution is -2.20. The molecule has 0 radical (unpaired) electrons. The van der Waals surface area contributed by atoms with Crippen LogP contribution in [0.4, 0.5) is 0 Å². The molecule has 0 N–H and O–H groups in total. The molecule has 0 unspecified atom stereocenters. The number of hydrogen-bond acceptors (Lipinski definition) is 4. The highest BCUT2D eigenvalue weighted by Crippen LogP contribution is 2.31. The maximum Gasteiger partial charge on any atom is 0.339 e. The van der Waals surface area contributed by atoms with Gasteiger partial charge in [-0.2, -0.15) is 0 Å². The van der Waals surface area contributed by atoms with Crippen molar-refractivity contribution in [2.45, 2.75) is 247 Å². The van der Waals surface area contributed by atoms with Crippen LogP contribution < -0.4 is 0 Å². The van der Waals surface area contributed by atoms with Crippen LogP contribution >= 0.6 is 0 Å². The van der Waals surface area contributed by atoms with E-state index in [2.05, 4.69) is 40.7 Å². The molecule has 0 bridgehead atoms. The summed E-state index contributed by atoms with van der Waals surface area (Å²) in [6.45, 7) is 12.1. The molecule has 302 valence electrons. The number of benzene rings is 1. The summed E-state index contributed by atoms with van der Waals surface area (Å²) in [6.07, 6.45) is 38.6. The first-order valence-electron chi connectivity index (χ1n) is 23.1. The van der Waals surface area contributed by atoms with Gasteiger partial charge in [-0.15, -0.1) is 0 Å². The smallest absolute Gasteiger partial charge is 0.339 e. The Morgan fingerprint density at radius 3 is 1.13 bits per heavy atom. The molecule has 0 saturated heterocycles. The topological polar surface area (TPSA) is 52.6 Å². The predicted octanol–water partition coefficient (Wildman–Crippen LogP) is 15.4. The second-order valence-electron chi connectivity index (χ2n) is 15.8. The van der Waals surface area contributed by atoms with Crippen molar-refractivity contribution in [1.29, 1.82) is 0 Å². The van der Waals surface area contributed by atoms with Crippen LogP contribution in [0.15, 0.2) is 6.07 Å². The first-order chi connectivity index (χ1) is 25.5. The predicted molar refractivity (Wildman–Crippen MR) is 225 cm³/mol. The fourth-order valence-corrected chi connectivity index (χ4v) is 7.55. The molecule has 0 aromatic heterocycles. The van der Waals surface area contributed by atoms with Crippen molar-refractivity contribution in [2.75, 3.05) is 13.2 Å². The van der Waals surface area contributed by atoms with Gasteiger partial charge in [-0.05, 0) is 74.1 Å². The zero-order chi connectivity index (χ0) is 37.9. The lowest BCUT2D eigenvalue weighted by Gasteiger charge is -2.22. The fourth-order valence-electron chi connectivity index (χ4n) is 7.55. The summed E-state index contributed by atoms with van der Waals surface area (Å²) in [7, 11) is 0. The molecular weight excluding hydrogens is 641 g/mol. The number of ether oxygens (including phenoxy) is 2. The van der Waals surface area contributed by atoms with Crippen molar-refractivity contribution in [2.24, 2.45) is 0 Å². The molecule has 0 saturated carbocycles. The molecule has 0 amide bonds. The maximum atomic E-state index is 14.2. The number of esters is 2. The van der Waals surface area contributed by atoms with E-state index in [0.29, 0.717) is 24.3 Å². The Labute approximate surface area is 323 Å². The van der Waals surface area contributed by atoms with Crippen LogP contribution in [0.3, 0.4) is 0 Å². The molecule has 0 atom stereocenters. The number of carbonyl (C=O) groups excluding carboxylic acids is 2. The monoisotopic (exact) mass is 727 g/mol. The first-order valence-corrected chi connectivity index (χ1v) is 23.1. The molecule has 4 nitrogen and oxygen atoms in total. The van der Waals surface area contributed by atoms with Gasteiger partial charge in [-0.25, -0.2) is 9.59 Å². The number of aryl methyl sites for hydroxylation is 1. The summed E-state index contributed by atoms with van der Waals surface area (Å²) in [5.74, 6) is -0.643. The Balaban J connectivity index is 3.48. The SMILES string of the molecule is CCCCCCCCOC(=O)c1cc(CCCCCCCC)c(CCCCCCCC)c(CCCCCCCC)c1C(=O)OCCCCCCCC. The van der Waals surface area contributed by atoms with Gasteiger partial charge < -0.3 is 9.47 Å². The van der Waals surface area contributed by atoms with Gasteiger partial charge in [0.05, 0.1) is 24.3 Å². The Morgan fingerprint density at radius 2 is 0.712 bits per heavy atom. The van der Waals surface area contributed by atoms with Gasteiger partial charge >= 0.3 is 11.9 Å². The summed E-state index contributed by atoms with van der Waals surface area (Å²) < 4.78 is 12.0. The summed E-state index contributed by atoms with van der Waals surface area (Å²) in [5.41, 5.74) is 4.72. The van der Waals surface area contributed by atoms with Crippen LogP contribution in [0.2, 0.25) is 0 Å². The highest BCUT2D eigenvalue weighted by atomic mass is 16.5. The van der Waals surface area contributed by atoms with E-state index < -0.39 is 0 Å². The second kappa shape index (κ2) is 34.9. The van der Waals surface area contributed by atoms with Crippen LogP contribution in [0.5, 0.6) is 0 Å². The van der Waals surface area contributed by atoms with Gasteiger partial charge in [0, 0.05) is 0 Å². The third-order valence-electron chi connectivity index (χ3n) is 10.9. The molecule has 0 aliphatic rings. The van der Waals surface area contributed by atoms with Crippen LogP contribution in [-0.2, 0) is 28.7 Å². The number of rotatable bonds is 37. The minimum atomic E-state index is -0.334. The van der Waals surface area contributed by atoms with Gasteiger partial charge in [-0.1, -0.05) is 195 Å². The van der Waals surface area contributed by atoms with E-state index in [0.717, 1.165) is 76.2 Å². The summed E-state index contributed by atoms with van der Waals surface area (Å²) in [4.78, 5) is 28.2. The molecule has 0 spiro atoms. The van der Waals surface area contributed by atoms with Gasteiger partial charge in [0.2, 0.25) is 0 Å². The molecule has 0 aliphatic carbocycles. The van der Waals surface area contributed by atoms with Crippen molar-refractivity contribution in [3.05, 3.63) is 33.9 Å². The molecule has 1 rings (SSSR count). The zero-order valence-electron chi connectivity index (χ0n) is 35.5. The van der Waals surface area contributed by atoms with Gasteiger partial charge in [0.25, 0.3) is 0 Å². The molecule has 1 aromatic rings. The Bertz CT molecular complexity index is 999. The lowest BCUT2D eigenvalue weighted by atomic mass is 9.84. The van der Waals surface area contributed by atoms with Crippen LogP contribution in [0, 0.1) is 0 Å². The van der Waals surface area contributed by atoms with Crippen molar-refractivity contribution < 1.29 is 19.1 Å². The van der Waals surface area contributed by atoms with Crippen LogP contribution in [0.1, 0.15) is 265 Å². The van der Waals surface area contributed by atoms with Crippen molar-refractivity contribution in [1.82, 2.24) is 0 Å². The summed E-state index contributed by atoms with van der Waals surface area (Å²) in [6, 6.07) is 2.08. The van der Waals surface area contributed by atoms with Crippen molar-refractivity contribution >= 4 is 11.9 Å². The summed E-state index contributed by atoms with van der Waals surface area (Å²) >= 11 is 0. The van der Waals surface area contributed by atoms with E-state index in [9.17, 15) is 9.59 Å². The van der Waals surface area contributed by atoms with Crippen molar-refractivity contribution in [3.63, 3.8) is 0 Å². The first kappa shape index (κ1) is 48.2. The van der Waals surface area contributed by atoms with E-state index >= 15 is 0 Å². The number of unbranched alkanes of at least 4 members (excludes halogenated alkanes) is 25. The standard InChI is InChI=1S/C48H86O4/c1-6-11-16-21-26-31-36-42-41-45(47(49)51-39-34-29-24-19-14-9-4)46(48(50)52-40-35-30-25-20-15-10-5)44(38-33-28-23-18-13-8-3)43(42)37-32-27-22-17-12-7-2/h41H,6-40H2,1-5H3. The minimum Gasteiger partial charge on any atom is -0.462 e. The maximum absolute atomic E-state index is 14.2. The van der Waals surface area contributed by atoms with E-state index in [1.165, 1.54) is 152 Å². The normalized spacial score (nSPS) is 11.3. The largest absolute Gasteiger partial charge is 0.462 e. The highest BCUT2D eigenvalue weighted by molar-refractivity contribution is 6.05. The average Bonchev–Trinajstić information content (AvgIpc) is 3.15. The molecule has 0 aliphatic heterocycles. The van der Waals surface area contributed by atoms with E-state index in [1.54, 1.807) is 0 Å². The van der Waals surface area contributed by atoms with Crippen LogP contribution in [0.25, 0.3) is 0 Å². The minimum absolute atomic E-state index is 0.309. The second-order valence-corrected chi connectivity index (χ2v) is 15.8. The molecule has 0 heterocycles. The Morgan fingerprint density at radius 1 is 0.385 bits per heavy atom. The zero-order valence-corrected chi connectivity index (χ0v) is 35.5. The van der Waals surface area contributed by atoms with Gasteiger partial charge in [-0.3, -0.25) is 0 Å². The molecule has 52 heavy (non-hydrogen) atoms. The molecule has 1 aromatic carbocycles. The molecule has 0 fully saturated rings. The highest BCUT2D eigenvalue weighted by Gasteiger charge is 2.28. The quantitative estimate of drug-likeness (QED) is 0.0506. The van der Waals surface area contributed by atoms with E-state index in [-0.39, 0.29) is 11.9 Å². The Hall–Kier alpha value is -1.84. The number of carbonyl (C=O) groups is 2. The van der Waals surface area contributed by atoms with E-state index in [1.807, 2.05) is 0 Å². The van der Waals surface area contributed by atoms with Gasteiger partial charge in [0.1, 0.15) is 0 Å². The third kappa shape index (κ3) is 23.1. The summed E-state index contributed by atoms with van der Waals surface area (Å²) in [5, 5.41) is 0. The van der Waals surface area contributed by atoms with Crippen LogP contribution in [-0.4, -0.2) is 25.2 Å². The third-order valence-corrected chi connectivity index (χ3v) is 10.9. The lowest BCUT2D eigenvalue weighted by molar-refractivity contribution is 0.0449. The average molecular weight is 727 g/mol. The fraction of sp³-hybridized carbons (Fsp3) is 0.833. The molecular formula is C48H86O4. The van der Waals surface area contributed by atoms with Crippen molar-refractivity contribution in [3.8, 4) is 0 Å². The molecule has 4 heteroatoms. The number of hydrogen-bond donors (Lipinski definition) is 0. The Kier molecular flexibility index (Phi) is 32.3. The van der Waals surface area contributed by atoms with E-state index in [4.69, 9.17) is 9.47 Å². The van der Waals surface area contributed by atoms with Gasteiger partial charge in [0.15, 0.2) is 0 Å².